The maximum atomic E-state index is 12.2. The lowest BCUT2D eigenvalue weighted by atomic mass is 10.3. The summed E-state index contributed by atoms with van der Waals surface area (Å²) in [4.78, 5) is 30.1. The molecule has 0 radical (unpaired) electrons. The largest absolute Gasteiger partial charge is 0.461 e. The van der Waals surface area contributed by atoms with Gasteiger partial charge in [-0.1, -0.05) is 0 Å². The lowest BCUT2D eigenvalue weighted by molar-refractivity contribution is -0.133. The number of carbonyl (C=O) groups is 2. The summed E-state index contributed by atoms with van der Waals surface area (Å²) in [5.74, 6) is 0.113. The van der Waals surface area contributed by atoms with Gasteiger partial charge >= 0.3 is 5.97 Å². The molecule has 0 saturated heterocycles. The minimum Gasteiger partial charge on any atom is -0.461 e. The highest BCUT2D eigenvalue weighted by Gasteiger charge is 2.40. The second kappa shape index (κ2) is 5.52. The van der Waals surface area contributed by atoms with E-state index in [9.17, 15) is 9.59 Å². The second-order valence-electron chi connectivity index (χ2n) is 5.32. The van der Waals surface area contributed by atoms with Crippen molar-refractivity contribution in [1.82, 2.24) is 9.88 Å². The molecule has 1 amide bonds. The van der Waals surface area contributed by atoms with Crippen LogP contribution in [0.15, 0.2) is 5.38 Å². The number of thiazole rings is 1. The SMILES string of the molecule is CCOC(=O)c1csc(CN(C(=O)C2CC2)C2CC2)n1. The molecule has 0 aliphatic heterocycles. The Kier molecular flexibility index (Phi) is 3.74. The van der Waals surface area contributed by atoms with E-state index >= 15 is 0 Å². The molecule has 2 aliphatic rings. The quantitative estimate of drug-likeness (QED) is 0.755. The number of ether oxygens (including phenoxy) is 1. The van der Waals surface area contributed by atoms with Crippen LogP contribution in [0.1, 0.15) is 48.1 Å². The van der Waals surface area contributed by atoms with Gasteiger partial charge in [-0.05, 0) is 32.6 Å². The summed E-state index contributed by atoms with van der Waals surface area (Å²) in [5, 5.41) is 2.52. The van der Waals surface area contributed by atoms with Gasteiger partial charge in [0.05, 0.1) is 13.2 Å². The van der Waals surface area contributed by atoms with E-state index in [2.05, 4.69) is 4.98 Å². The molecule has 1 aromatic heterocycles. The summed E-state index contributed by atoms with van der Waals surface area (Å²) < 4.78 is 4.93. The van der Waals surface area contributed by atoms with Crippen molar-refractivity contribution in [2.75, 3.05) is 6.61 Å². The molecule has 0 bridgehead atoms. The molecule has 108 valence electrons. The van der Waals surface area contributed by atoms with Gasteiger partial charge in [0.15, 0.2) is 5.69 Å². The van der Waals surface area contributed by atoms with Crippen molar-refractivity contribution >= 4 is 23.2 Å². The van der Waals surface area contributed by atoms with E-state index in [1.807, 2.05) is 4.90 Å². The third-order valence-electron chi connectivity index (χ3n) is 3.54. The molecular weight excluding hydrogens is 276 g/mol. The van der Waals surface area contributed by atoms with Gasteiger partial charge in [-0.25, -0.2) is 9.78 Å². The number of nitrogens with zero attached hydrogens (tertiary/aromatic N) is 2. The maximum Gasteiger partial charge on any atom is 0.357 e. The molecule has 0 aromatic carbocycles. The maximum absolute atomic E-state index is 12.2. The van der Waals surface area contributed by atoms with Gasteiger partial charge < -0.3 is 9.64 Å². The molecule has 5 nitrogen and oxygen atoms in total. The first-order valence-corrected chi connectivity index (χ1v) is 7.99. The fourth-order valence-electron chi connectivity index (χ4n) is 2.17. The predicted molar refractivity (Wildman–Crippen MR) is 74.4 cm³/mol. The normalized spacial score (nSPS) is 17.9. The molecule has 1 heterocycles. The van der Waals surface area contributed by atoms with Crippen LogP contribution in [0.5, 0.6) is 0 Å². The summed E-state index contributed by atoms with van der Waals surface area (Å²) in [6.45, 7) is 2.65. The van der Waals surface area contributed by atoms with Crippen LogP contribution in [0.2, 0.25) is 0 Å². The molecule has 20 heavy (non-hydrogen) atoms. The number of hydrogen-bond acceptors (Lipinski definition) is 5. The van der Waals surface area contributed by atoms with Crippen LogP contribution >= 0.6 is 11.3 Å². The molecule has 0 spiro atoms. The molecule has 0 unspecified atom stereocenters. The number of esters is 1. The zero-order valence-corrected chi connectivity index (χ0v) is 12.3. The fourth-order valence-corrected chi connectivity index (χ4v) is 2.93. The Morgan fingerprint density at radius 2 is 2.15 bits per heavy atom. The Balaban J connectivity index is 1.66. The number of amides is 1. The number of rotatable bonds is 6. The van der Waals surface area contributed by atoms with E-state index in [1.165, 1.54) is 11.3 Å². The average Bonchev–Trinajstić information content (AvgIpc) is 3.33. The van der Waals surface area contributed by atoms with Crippen LogP contribution in [0, 0.1) is 5.92 Å². The van der Waals surface area contributed by atoms with E-state index in [0.29, 0.717) is 24.9 Å². The van der Waals surface area contributed by atoms with Crippen molar-refractivity contribution in [1.29, 1.82) is 0 Å². The minimum atomic E-state index is -0.388. The highest BCUT2D eigenvalue weighted by Crippen LogP contribution is 2.37. The van der Waals surface area contributed by atoms with E-state index in [4.69, 9.17) is 4.74 Å². The Morgan fingerprint density at radius 3 is 2.75 bits per heavy atom. The predicted octanol–water partition coefficient (Wildman–Crippen LogP) is 2.22. The van der Waals surface area contributed by atoms with Gasteiger partial charge in [0.25, 0.3) is 0 Å². The average molecular weight is 294 g/mol. The molecule has 0 N–H and O–H groups in total. The van der Waals surface area contributed by atoms with Crippen LogP contribution in [-0.4, -0.2) is 34.4 Å². The van der Waals surface area contributed by atoms with E-state index in [0.717, 1.165) is 30.7 Å². The highest BCUT2D eigenvalue weighted by molar-refractivity contribution is 7.09. The van der Waals surface area contributed by atoms with Gasteiger partial charge in [0.1, 0.15) is 5.01 Å². The van der Waals surface area contributed by atoms with Crippen molar-refractivity contribution in [2.24, 2.45) is 5.92 Å². The first kappa shape index (κ1) is 13.5. The van der Waals surface area contributed by atoms with Crippen LogP contribution in [0.25, 0.3) is 0 Å². The summed E-state index contributed by atoms with van der Waals surface area (Å²) in [6, 6.07) is 0.387. The van der Waals surface area contributed by atoms with E-state index in [-0.39, 0.29) is 17.8 Å². The first-order valence-electron chi connectivity index (χ1n) is 7.11. The summed E-state index contributed by atoms with van der Waals surface area (Å²) >= 11 is 1.42. The molecule has 2 aliphatic carbocycles. The van der Waals surface area contributed by atoms with Gasteiger partial charge in [-0.3, -0.25) is 4.79 Å². The molecule has 0 atom stereocenters. The molecule has 2 fully saturated rings. The molecule has 6 heteroatoms. The van der Waals surface area contributed by atoms with Crippen LogP contribution in [-0.2, 0) is 16.1 Å². The van der Waals surface area contributed by atoms with Gasteiger partial charge in [0, 0.05) is 17.3 Å². The monoisotopic (exact) mass is 294 g/mol. The highest BCUT2D eigenvalue weighted by atomic mass is 32.1. The topological polar surface area (TPSA) is 59.5 Å². The lowest BCUT2D eigenvalue weighted by Crippen LogP contribution is -2.33. The number of hydrogen-bond donors (Lipinski definition) is 0. The molecular formula is C14H18N2O3S. The molecule has 2 saturated carbocycles. The summed E-state index contributed by atoms with van der Waals surface area (Å²) in [5.41, 5.74) is 0.349. The van der Waals surface area contributed by atoms with E-state index < -0.39 is 0 Å². The summed E-state index contributed by atoms with van der Waals surface area (Å²) in [6.07, 6.45) is 4.23. The van der Waals surface area contributed by atoms with Crippen LogP contribution in [0.3, 0.4) is 0 Å². The lowest BCUT2D eigenvalue weighted by Gasteiger charge is -2.21. The third kappa shape index (κ3) is 3.00. The summed E-state index contributed by atoms with van der Waals surface area (Å²) in [7, 11) is 0. The van der Waals surface area contributed by atoms with Gasteiger partial charge in [-0.2, -0.15) is 0 Å². The van der Waals surface area contributed by atoms with E-state index in [1.54, 1.807) is 12.3 Å². The zero-order valence-electron chi connectivity index (χ0n) is 11.5. The molecule has 1 aromatic rings. The van der Waals surface area contributed by atoms with Crippen LogP contribution in [0.4, 0.5) is 0 Å². The number of carbonyl (C=O) groups excluding carboxylic acids is 2. The van der Waals surface area contributed by atoms with Gasteiger partial charge in [0.2, 0.25) is 5.91 Å². The van der Waals surface area contributed by atoms with Crippen molar-refractivity contribution in [3.63, 3.8) is 0 Å². The van der Waals surface area contributed by atoms with Crippen molar-refractivity contribution in [3.05, 3.63) is 16.1 Å². The Morgan fingerprint density at radius 1 is 1.40 bits per heavy atom. The van der Waals surface area contributed by atoms with Gasteiger partial charge in [-0.15, -0.1) is 11.3 Å². The van der Waals surface area contributed by atoms with Crippen molar-refractivity contribution < 1.29 is 14.3 Å². The zero-order chi connectivity index (χ0) is 14.1. The van der Waals surface area contributed by atoms with Crippen molar-refractivity contribution in [3.8, 4) is 0 Å². The van der Waals surface area contributed by atoms with Crippen LogP contribution < -0.4 is 0 Å². The Bertz CT molecular complexity index is 520. The molecule has 3 rings (SSSR count). The fraction of sp³-hybridized carbons (Fsp3) is 0.643. The smallest absolute Gasteiger partial charge is 0.357 e. The Hall–Kier alpha value is -1.43. The number of aromatic nitrogens is 1. The minimum absolute atomic E-state index is 0.236. The Labute approximate surface area is 121 Å². The van der Waals surface area contributed by atoms with Crippen molar-refractivity contribution in [2.45, 2.75) is 45.2 Å². The standard InChI is InChI=1S/C14H18N2O3S/c1-2-19-14(18)11-8-20-12(15-11)7-16(10-5-6-10)13(17)9-3-4-9/h8-10H,2-7H2,1H3. The third-order valence-corrected chi connectivity index (χ3v) is 4.37. The second-order valence-corrected chi connectivity index (χ2v) is 6.26. The first-order chi connectivity index (χ1) is 9.69.